The number of fused-ring (bicyclic) bond motifs is 1. The van der Waals surface area contributed by atoms with Crippen molar-refractivity contribution in [2.75, 3.05) is 0 Å². The lowest BCUT2D eigenvalue weighted by molar-refractivity contribution is 0.874. The fraction of sp³-hybridized carbons (Fsp3) is 0.500. The van der Waals surface area contributed by atoms with E-state index < -0.39 is 0 Å². The molecule has 100 valence electrons. The molecule has 0 saturated carbocycles. The molecule has 0 unspecified atom stereocenters. The lowest BCUT2D eigenvalue weighted by Crippen LogP contribution is -1.93. The molecule has 2 nitrogen and oxygen atoms in total. The molecule has 0 aliphatic rings. The predicted molar refractivity (Wildman–Crippen MR) is 81.1 cm³/mol. The zero-order chi connectivity index (χ0) is 14.1. The van der Waals surface area contributed by atoms with Crippen LogP contribution in [0.25, 0.3) is 10.9 Å². The second-order valence-corrected chi connectivity index (χ2v) is 3.91. The van der Waals surface area contributed by atoms with Crippen LogP contribution in [0.3, 0.4) is 0 Å². The second-order valence-electron chi connectivity index (χ2n) is 3.91. The summed E-state index contributed by atoms with van der Waals surface area (Å²) in [6.07, 6.45) is 3.52. The highest BCUT2D eigenvalue weighted by molar-refractivity contribution is 5.84. The molecule has 1 aromatic heterocycles. The van der Waals surface area contributed by atoms with E-state index in [4.69, 9.17) is 0 Å². The minimum atomic E-state index is 0.518. The maximum Gasteiger partial charge on any atom is 0.116 e. The molecule has 2 heteroatoms. The lowest BCUT2D eigenvalue weighted by Gasteiger charge is -2.10. The molecule has 0 fully saturated rings. The van der Waals surface area contributed by atoms with E-state index in [9.17, 15) is 0 Å². The number of benzene rings is 1. The summed E-state index contributed by atoms with van der Waals surface area (Å²) in [5.74, 6) is 0.518. The standard InChI is InChI=1S/C12H14N2.2C2H6/c1-8(2)10-5-4-9(3)12-11(10)6-13-7-14-12;2*1-2/h4-8H,1-3H3;2*1-2H3. The fourth-order valence-electron chi connectivity index (χ4n) is 1.74. The molecule has 0 radical (unpaired) electrons. The van der Waals surface area contributed by atoms with Gasteiger partial charge in [-0.2, -0.15) is 0 Å². The zero-order valence-corrected chi connectivity index (χ0v) is 12.8. The highest BCUT2D eigenvalue weighted by Crippen LogP contribution is 2.25. The van der Waals surface area contributed by atoms with E-state index in [-0.39, 0.29) is 0 Å². The summed E-state index contributed by atoms with van der Waals surface area (Å²) >= 11 is 0. The van der Waals surface area contributed by atoms with Crippen molar-refractivity contribution in [1.82, 2.24) is 9.97 Å². The normalized spacial score (nSPS) is 9.33. The Labute approximate surface area is 111 Å². The van der Waals surface area contributed by atoms with Crippen LogP contribution in [0.1, 0.15) is 58.6 Å². The fourth-order valence-corrected chi connectivity index (χ4v) is 1.74. The van der Waals surface area contributed by atoms with Gasteiger partial charge in [0.25, 0.3) is 0 Å². The van der Waals surface area contributed by atoms with E-state index >= 15 is 0 Å². The Balaban J connectivity index is 0.000000659. The van der Waals surface area contributed by atoms with Gasteiger partial charge in [-0.05, 0) is 24.0 Å². The van der Waals surface area contributed by atoms with Crippen LogP contribution in [0.15, 0.2) is 24.7 Å². The summed E-state index contributed by atoms with van der Waals surface area (Å²) in [6, 6.07) is 4.30. The van der Waals surface area contributed by atoms with Gasteiger partial charge in [0.1, 0.15) is 6.33 Å². The first-order valence-electron chi connectivity index (χ1n) is 6.89. The topological polar surface area (TPSA) is 25.8 Å². The SMILES string of the molecule is CC.CC.Cc1ccc(C(C)C)c2cncnc12. The van der Waals surface area contributed by atoms with Gasteiger partial charge < -0.3 is 0 Å². The summed E-state index contributed by atoms with van der Waals surface area (Å²) in [5, 5.41) is 1.18. The van der Waals surface area contributed by atoms with Gasteiger partial charge in [0, 0.05) is 11.6 Å². The van der Waals surface area contributed by atoms with E-state index in [0.29, 0.717) is 5.92 Å². The first-order chi connectivity index (χ1) is 8.70. The molecule has 18 heavy (non-hydrogen) atoms. The smallest absolute Gasteiger partial charge is 0.116 e. The molecule has 0 saturated heterocycles. The van der Waals surface area contributed by atoms with Crippen molar-refractivity contribution in [3.63, 3.8) is 0 Å². The van der Waals surface area contributed by atoms with Crippen molar-refractivity contribution in [3.05, 3.63) is 35.8 Å². The van der Waals surface area contributed by atoms with Gasteiger partial charge in [0.15, 0.2) is 0 Å². The Morgan fingerprint density at radius 1 is 1.00 bits per heavy atom. The minimum Gasteiger partial charge on any atom is -0.244 e. The number of hydrogen-bond acceptors (Lipinski definition) is 2. The van der Waals surface area contributed by atoms with Crippen LogP contribution in [-0.4, -0.2) is 9.97 Å². The largest absolute Gasteiger partial charge is 0.244 e. The summed E-state index contributed by atoms with van der Waals surface area (Å²) in [7, 11) is 0. The summed E-state index contributed by atoms with van der Waals surface area (Å²) in [4.78, 5) is 8.40. The Morgan fingerprint density at radius 3 is 2.17 bits per heavy atom. The quantitative estimate of drug-likeness (QED) is 0.698. The van der Waals surface area contributed by atoms with E-state index in [0.717, 1.165) is 5.52 Å². The van der Waals surface area contributed by atoms with Gasteiger partial charge in [-0.15, -0.1) is 0 Å². The van der Waals surface area contributed by atoms with Crippen molar-refractivity contribution >= 4 is 10.9 Å². The van der Waals surface area contributed by atoms with Crippen LogP contribution in [0.2, 0.25) is 0 Å². The Morgan fingerprint density at radius 2 is 1.61 bits per heavy atom. The summed E-state index contributed by atoms with van der Waals surface area (Å²) < 4.78 is 0. The van der Waals surface area contributed by atoms with Crippen molar-refractivity contribution in [1.29, 1.82) is 0 Å². The molecule has 2 aromatic rings. The second kappa shape index (κ2) is 8.62. The van der Waals surface area contributed by atoms with Gasteiger partial charge in [-0.25, -0.2) is 9.97 Å². The van der Waals surface area contributed by atoms with Crippen LogP contribution in [0.4, 0.5) is 0 Å². The number of rotatable bonds is 1. The average molecular weight is 246 g/mol. The number of aryl methyl sites for hydroxylation is 1. The van der Waals surface area contributed by atoms with E-state index in [1.54, 1.807) is 6.33 Å². The Kier molecular flexibility index (Phi) is 7.93. The van der Waals surface area contributed by atoms with Crippen LogP contribution < -0.4 is 0 Å². The predicted octanol–water partition coefficient (Wildman–Crippen LogP) is 5.11. The molecule has 1 heterocycles. The molecule has 0 N–H and O–H groups in total. The van der Waals surface area contributed by atoms with Crippen LogP contribution in [0, 0.1) is 6.92 Å². The maximum atomic E-state index is 4.31. The average Bonchev–Trinajstić information content (AvgIpc) is 2.43. The summed E-state index contributed by atoms with van der Waals surface area (Å²) in [5.41, 5.74) is 3.62. The Bertz CT molecular complexity index is 462. The highest BCUT2D eigenvalue weighted by Gasteiger charge is 2.07. The third-order valence-corrected chi connectivity index (χ3v) is 2.53. The molecule has 2 rings (SSSR count). The monoisotopic (exact) mass is 246 g/mol. The molecule has 0 amide bonds. The van der Waals surface area contributed by atoms with Crippen LogP contribution in [0.5, 0.6) is 0 Å². The molecule has 0 aliphatic carbocycles. The van der Waals surface area contributed by atoms with Crippen LogP contribution >= 0.6 is 0 Å². The number of aromatic nitrogens is 2. The van der Waals surface area contributed by atoms with Gasteiger partial charge in [0.05, 0.1) is 5.52 Å². The number of nitrogens with zero attached hydrogens (tertiary/aromatic N) is 2. The molecule has 1 aromatic carbocycles. The molecule has 0 bridgehead atoms. The Hall–Kier alpha value is -1.44. The number of hydrogen-bond donors (Lipinski definition) is 0. The van der Waals surface area contributed by atoms with Crippen molar-refractivity contribution < 1.29 is 0 Å². The van der Waals surface area contributed by atoms with Gasteiger partial charge in [-0.1, -0.05) is 53.7 Å². The van der Waals surface area contributed by atoms with Crippen molar-refractivity contribution in [3.8, 4) is 0 Å². The third-order valence-electron chi connectivity index (χ3n) is 2.53. The molecule has 0 aliphatic heterocycles. The van der Waals surface area contributed by atoms with Gasteiger partial charge in [-0.3, -0.25) is 0 Å². The van der Waals surface area contributed by atoms with E-state index in [1.807, 2.05) is 33.9 Å². The molecular formula is C16H26N2. The maximum absolute atomic E-state index is 4.31. The first kappa shape index (κ1) is 16.6. The third kappa shape index (κ3) is 3.80. The van der Waals surface area contributed by atoms with E-state index in [2.05, 4.69) is 42.9 Å². The van der Waals surface area contributed by atoms with Crippen molar-refractivity contribution in [2.24, 2.45) is 0 Å². The minimum absolute atomic E-state index is 0.518. The lowest BCUT2D eigenvalue weighted by atomic mass is 9.97. The molecular weight excluding hydrogens is 220 g/mol. The van der Waals surface area contributed by atoms with Gasteiger partial charge in [0.2, 0.25) is 0 Å². The first-order valence-corrected chi connectivity index (χ1v) is 6.89. The van der Waals surface area contributed by atoms with E-state index in [1.165, 1.54) is 16.5 Å². The summed E-state index contributed by atoms with van der Waals surface area (Å²) in [6.45, 7) is 14.5. The molecule has 0 spiro atoms. The van der Waals surface area contributed by atoms with Crippen molar-refractivity contribution in [2.45, 2.75) is 54.4 Å². The highest BCUT2D eigenvalue weighted by atomic mass is 14.8. The van der Waals surface area contributed by atoms with Crippen LogP contribution in [-0.2, 0) is 0 Å². The van der Waals surface area contributed by atoms with Gasteiger partial charge >= 0.3 is 0 Å². The molecule has 0 atom stereocenters. The zero-order valence-electron chi connectivity index (χ0n) is 12.8.